The van der Waals surface area contributed by atoms with Gasteiger partial charge in [0, 0.05) is 13.2 Å². The fraction of sp³-hybridized carbons (Fsp3) is 0.400. The number of ether oxygens (including phenoxy) is 1. The second kappa shape index (κ2) is 9.90. The van der Waals surface area contributed by atoms with E-state index in [0.29, 0.717) is 11.5 Å². The second-order valence-corrected chi connectivity index (χ2v) is 5.78. The first-order valence-electron chi connectivity index (χ1n) is 8.39. The first-order chi connectivity index (χ1) is 11.3. The van der Waals surface area contributed by atoms with Gasteiger partial charge in [-0.1, -0.05) is 36.4 Å². The van der Waals surface area contributed by atoms with Gasteiger partial charge in [-0.2, -0.15) is 0 Å². The zero-order chi connectivity index (χ0) is 16.3. The number of aromatic hydroxyl groups is 2. The lowest BCUT2D eigenvalue weighted by molar-refractivity contribution is 0.127. The van der Waals surface area contributed by atoms with Gasteiger partial charge < -0.3 is 14.9 Å². The first kappa shape index (κ1) is 17.4. The highest BCUT2D eigenvalue weighted by atomic mass is 16.5. The molecule has 0 aliphatic heterocycles. The van der Waals surface area contributed by atoms with Crippen LogP contribution in [0.1, 0.15) is 36.8 Å². The number of aryl methyl sites for hydroxylation is 2. The topological polar surface area (TPSA) is 49.7 Å². The molecule has 124 valence electrons. The molecule has 0 aliphatic rings. The SMILES string of the molecule is Oc1ccccc1CCCCOCCCCc1ccccc1O. The van der Waals surface area contributed by atoms with Gasteiger partial charge >= 0.3 is 0 Å². The smallest absolute Gasteiger partial charge is 0.118 e. The number of hydrogen-bond donors (Lipinski definition) is 2. The Labute approximate surface area is 138 Å². The minimum Gasteiger partial charge on any atom is -0.508 e. The fourth-order valence-electron chi connectivity index (χ4n) is 2.59. The van der Waals surface area contributed by atoms with Gasteiger partial charge in [-0.25, -0.2) is 0 Å². The molecule has 0 amide bonds. The molecule has 0 fully saturated rings. The average molecular weight is 314 g/mol. The van der Waals surface area contributed by atoms with Gasteiger partial charge in [-0.3, -0.25) is 0 Å². The molecule has 0 aromatic heterocycles. The predicted molar refractivity (Wildman–Crippen MR) is 92.9 cm³/mol. The van der Waals surface area contributed by atoms with Crippen LogP contribution in [0.15, 0.2) is 48.5 Å². The van der Waals surface area contributed by atoms with Crippen LogP contribution in [0.3, 0.4) is 0 Å². The molecule has 2 rings (SSSR count). The zero-order valence-corrected chi connectivity index (χ0v) is 13.6. The van der Waals surface area contributed by atoms with Crippen LogP contribution >= 0.6 is 0 Å². The van der Waals surface area contributed by atoms with E-state index in [4.69, 9.17) is 4.74 Å². The van der Waals surface area contributed by atoms with E-state index in [2.05, 4.69) is 0 Å². The summed E-state index contributed by atoms with van der Waals surface area (Å²) in [5.74, 6) is 0.773. The van der Waals surface area contributed by atoms with E-state index in [1.807, 2.05) is 36.4 Å². The van der Waals surface area contributed by atoms with E-state index in [9.17, 15) is 10.2 Å². The van der Waals surface area contributed by atoms with E-state index in [1.54, 1.807) is 12.1 Å². The van der Waals surface area contributed by atoms with Gasteiger partial charge in [-0.15, -0.1) is 0 Å². The molecule has 2 aromatic carbocycles. The van der Waals surface area contributed by atoms with E-state index in [1.165, 1.54) is 0 Å². The van der Waals surface area contributed by atoms with E-state index in [0.717, 1.165) is 62.9 Å². The van der Waals surface area contributed by atoms with Crippen LogP contribution in [-0.4, -0.2) is 23.4 Å². The lowest BCUT2D eigenvalue weighted by Crippen LogP contribution is -1.99. The number of phenolic OH excluding ortho intramolecular Hbond substituents is 2. The van der Waals surface area contributed by atoms with Crippen LogP contribution in [0.25, 0.3) is 0 Å². The molecule has 3 nitrogen and oxygen atoms in total. The van der Waals surface area contributed by atoms with Crippen LogP contribution in [0.4, 0.5) is 0 Å². The lowest BCUT2D eigenvalue weighted by Gasteiger charge is -2.06. The molecule has 0 saturated heterocycles. The molecule has 2 N–H and O–H groups in total. The van der Waals surface area contributed by atoms with E-state index in [-0.39, 0.29) is 0 Å². The van der Waals surface area contributed by atoms with Gasteiger partial charge in [0.1, 0.15) is 11.5 Å². The third-order valence-corrected chi connectivity index (χ3v) is 3.95. The van der Waals surface area contributed by atoms with Crippen molar-refractivity contribution in [2.75, 3.05) is 13.2 Å². The van der Waals surface area contributed by atoms with E-state index >= 15 is 0 Å². The van der Waals surface area contributed by atoms with Crippen molar-refractivity contribution in [1.29, 1.82) is 0 Å². The molecular formula is C20H26O3. The average Bonchev–Trinajstić information content (AvgIpc) is 2.56. The normalized spacial score (nSPS) is 10.8. The van der Waals surface area contributed by atoms with Crippen molar-refractivity contribution in [2.24, 2.45) is 0 Å². The van der Waals surface area contributed by atoms with Crippen LogP contribution in [0.2, 0.25) is 0 Å². The predicted octanol–water partition coefficient (Wildman–Crippen LogP) is 4.46. The molecule has 0 aliphatic carbocycles. The summed E-state index contributed by atoms with van der Waals surface area (Å²) >= 11 is 0. The van der Waals surface area contributed by atoms with Crippen molar-refractivity contribution in [3.05, 3.63) is 59.7 Å². The third kappa shape index (κ3) is 6.33. The number of benzene rings is 2. The second-order valence-electron chi connectivity index (χ2n) is 5.78. The zero-order valence-electron chi connectivity index (χ0n) is 13.6. The highest BCUT2D eigenvalue weighted by Crippen LogP contribution is 2.18. The Bertz CT molecular complexity index is 529. The maximum Gasteiger partial charge on any atom is 0.118 e. The maximum absolute atomic E-state index is 9.67. The summed E-state index contributed by atoms with van der Waals surface area (Å²) in [5, 5.41) is 19.3. The molecule has 0 radical (unpaired) electrons. The highest BCUT2D eigenvalue weighted by Gasteiger charge is 2.00. The number of unbranched alkanes of at least 4 members (excludes halogenated alkanes) is 2. The molecule has 0 saturated carbocycles. The standard InChI is InChI=1S/C20H26O3/c21-19-13-3-1-9-17(19)11-5-7-15-23-16-8-6-12-18-10-2-4-14-20(18)22/h1-4,9-10,13-14,21-22H,5-8,11-12,15-16H2. The van der Waals surface area contributed by atoms with Crippen LogP contribution in [0, 0.1) is 0 Å². The third-order valence-electron chi connectivity index (χ3n) is 3.95. The summed E-state index contributed by atoms with van der Waals surface area (Å²) in [6.07, 6.45) is 5.85. The Kier molecular flexibility index (Phi) is 7.47. The molecule has 0 bridgehead atoms. The number of hydrogen-bond acceptors (Lipinski definition) is 3. The molecule has 0 unspecified atom stereocenters. The Morgan fingerprint density at radius 2 is 1.04 bits per heavy atom. The molecule has 0 heterocycles. The van der Waals surface area contributed by atoms with Crippen molar-refractivity contribution in [3.63, 3.8) is 0 Å². The highest BCUT2D eigenvalue weighted by molar-refractivity contribution is 5.32. The largest absolute Gasteiger partial charge is 0.508 e. The monoisotopic (exact) mass is 314 g/mol. The van der Waals surface area contributed by atoms with Gasteiger partial charge in [0.2, 0.25) is 0 Å². The van der Waals surface area contributed by atoms with Crippen molar-refractivity contribution in [3.8, 4) is 11.5 Å². The summed E-state index contributed by atoms with van der Waals surface area (Å²) in [7, 11) is 0. The summed E-state index contributed by atoms with van der Waals surface area (Å²) in [6, 6.07) is 15.0. The Morgan fingerprint density at radius 1 is 0.609 bits per heavy atom. The van der Waals surface area contributed by atoms with Crippen molar-refractivity contribution >= 4 is 0 Å². The summed E-state index contributed by atoms with van der Waals surface area (Å²) in [4.78, 5) is 0. The minimum atomic E-state index is 0.387. The summed E-state index contributed by atoms with van der Waals surface area (Å²) in [5.41, 5.74) is 2.02. The Balaban J connectivity index is 1.47. The Morgan fingerprint density at radius 3 is 1.48 bits per heavy atom. The fourth-order valence-corrected chi connectivity index (χ4v) is 2.59. The molecule has 3 heteroatoms. The first-order valence-corrected chi connectivity index (χ1v) is 8.39. The maximum atomic E-state index is 9.67. The summed E-state index contributed by atoms with van der Waals surface area (Å²) in [6.45, 7) is 1.54. The minimum absolute atomic E-state index is 0.387. The van der Waals surface area contributed by atoms with Crippen molar-refractivity contribution < 1.29 is 14.9 Å². The molecule has 2 aromatic rings. The Hall–Kier alpha value is -2.00. The van der Waals surface area contributed by atoms with Crippen LogP contribution < -0.4 is 0 Å². The number of para-hydroxylation sites is 2. The quantitative estimate of drug-likeness (QED) is 0.637. The molecule has 0 atom stereocenters. The van der Waals surface area contributed by atoms with Crippen molar-refractivity contribution in [2.45, 2.75) is 38.5 Å². The van der Waals surface area contributed by atoms with Crippen molar-refractivity contribution in [1.82, 2.24) is 0 Å². The summed E-state index contributed by atoms with van der Waals surface area (Å²) < 4.78 is 5.65. The van der Waals surface area contributed by atoms with E-state index < -0.39 is 0 Å². The van der Waals surface area contributed by atoms with Gasteiger partial charge in [0.25, 0.3) is 0 Å². The molecule has 23 heavy (non-hydrogen) atoms. The van der Waals surface area contributed by atoms with Gasteiger partial charge in [-0.05, 0) is 61.8 Å². The number of rotatable bonds is 10. The molecular weight excluding hydrogens is 288 g/mol. The lowest BCUT2D eigenvalue weighted by atomic mass is 10.1. The molecule has 0 spiro atoms. The van der Waals surface area contributed by atoms with Crippen LogP contribution in [0.5, 0.6) is 11.5 Å². The number of phenols is 2. The van der Waals surface area contributed by atoms with Crippen LogP contribution in [-0.2, 0) is 17.6 Å². The van der Waals surface area contributed by atoms with Gasteiger partial charge in [0.15, 0.2) is 0 Å². The van der Waals surface area contributed by atoms with Gasteiger partial charge in [0.05, 0.1) is 0 Å².